The van der Waals surface area contributed by atoms with Gasteiger partial charge in [-0.2, -0.15) is 0 Å². The monoisotopic (exact) mass is 203 g/mol. The highest BCUT2D eigenvalue weighted by atomic mass is 79.9. The molecule has 0 amide bonds. The summed E-state index contributed by atoms with van der Waals surface area (Å²) < 4.78 is 1.79. The summed E-state index contributed by atoms with van der Waals surface area (Å²) in [5.74, 6) is 0. The maximum Gasteiger partial charge on any atom is 0.236 e. The van der Waals surface area contributed by atoms with Gasteiger partial charge in [-0.3, -0.25) is 5.21 Å². The molecule has 10 heavy (non-hydrogen) atoms. The van der Waals surface area contributed by atoms with Crippen molar-refractivity contribution in [3.63, 3.8) is 0 Å². The lowest BCUT2D eigenvalue weighted by molar-refractivity contribution is -0.905. The normalized spacial score (nSPS) is 9.80. The van der Waals surface area contributed by atoms with E-state index in [1.165, 1.54) is 6.20 Å². The van der Waals surface area contributed by atoms with Crippen LogP contribution < -0.4 is 10.5 Å². The van der Waals surface area contributed by atoms with Crippen molar-refractivity contribution in [3.8, 4) is 0 Å². The van der Waals surface area contributed by atoms with E-state index in [9.17, 15) is 0 Å². The van der Waals surface area contributed by atoms with Gasteiger partial charge >= 0.3 is 0 Å². The van der Waals surface area contributed by atoms with Gasteiger partial charge in [0.2, 0.25) is 12.4 Å². The van der Waals surface area contributed by atoms with Gasteiger partial charge < -0.3 is 5.73 Å². The molecule has 0 spiro atoms. The topological polar surface area (TPSA) is 50.1 Å². The van der Waals surface area contributed by atoms with Crippen molar-refractivity contribution in [1.82, 2.24) is 0 Å². The van der Waals surface area contributed by atoms with E-state index in [0.29, 0.717) is 6.54 Å². The Morgan fingerprint density at radius 3 is 2.90 bits per heavy atom. The predicted molar refractivity (Wildman–Crippen MR) is 39.4 cm³/mol. The molecule has 0 saturated carbocycles. The third kappa shape index (κ3) is 1.46. The minimum Gasteiger partial charge on any atom is -0.326 e. The highest BCUT2D eigenvalue weighted by molar-refractivity contribution is 9.10. The molecule has 4 heteroatoms. The van der Waals surface area contributed by atoms with Crippen LogP contribution in [0.25, 0.3) is 0 Å². The van der Waals surface area contributed by atoms with Gasteiger partial charge in [-0.25, -0.2) is 0 Å². The summed E-state index contributed by atoms with van der Waals surface area (Å²) in [6.07, 6.45) is 3.08. The first-order valence-electron chi connectivity index (χ1n) is 2.83. The molecule has 0 aliphatic heterocycles. The number of halogens is 1. The molecule has 54 valence electrons. The van der Waals surface area contributed by atoms with Crippen molar-refractivity contribution >= 4 is 15.9 Å². The zero-order chi connectivity index (χ0) is 7.56. The highest BCUT2D eigenvalue weighted by Gasteiger charge is 2.02. The second-order valence-electron chi connectivity index (χ2n) is 1.90. The van der Waals surface area contributed by atoms with Crippen LogP contribution in [0.5, 0.6) is 0 Å². The molecule has 1 aromatic rings. The predicted octanol–water partition coefficient (Wildman–Crippen LogP) is 0.433. The Kier molecular flexibility index (Phi) is 2.24. The molecule has 1 aromatic heterocycles. The Morgan fingerprint density at radius 1 is 1.70 bits per heavy atom. The third-order valence-corrected chi connectivity index (χ3v) is 1.91. The SMILES string of the molecule is NCc1cc[n+](O)cc1Br. The molecule has 0 aliphatic rings. The quantitative estimate of drug-likeness (QED) is 0.514. The first-order chi connectivity index (χ1) is 4.74. The number of nitrogens with two attached hydrogens (primary N) is 1. The van der Waals surface area contributed by atoms with Crippen LogP contribution in [0.4, 0.5) is 0 Å². The van der Waals surface area contributed by atoms with Crippen LogP contribution in [0.1, 0.15) is 5.56 Å². The smallest absolute Gasteiger partial charge is 0.236 e. The standard InChI is InChI=1S/C6H8BrN2O/c7-6-4-9(10)2-1-5(6)3-8/h1-2,4,10H,3,8H2/q+1. The highest BCUT2D eigenvalue weighted by Crippen LogP contribution is 2.11. The fourth-order valence-corrected chi connectivity index (χ4v) is 1.16. The van der Waals surface area contributed by atoms with E-state index < -0.39 is 0 Å². The van der Waals surface area contributed by atoms with E-state index in [-0.39, 0.29) is 0 Å². The lowest BCUT2D eigenvalue weighted by atomic mass is 10.3. The van der Waals surface area contributed by atoms with Crippen molar-refractivity contribution in [2.45, 2.75) is 6.54 Å². The zero-order valence-electron chi connectivity index (χ0n) is 5.29. The fraction of sp³-hybridized carbons (Fsp3) is 0.167. The van der Waals surface area contributed by atoms with E-state index in [2.05, 4.69) is 15.9 Å². The van der Waals surface area contributed by atoms with E-state index in [0.717, 1.165) is 14.8 Å². The summed E-state index contributed by atoms with van der Waals surface area (Å²) in [5, 5.41) is 8.88. The molecule has 0 aromatic carbocycles. The van der Waals surface area contributed by atoms with Crippen LogP contribution in [-0.2, 0) is 6.54 Å². The summed E-state index contributed by atoms with van der Waals surface area (Å²) in [6, 6.07) is 1.75. The lowest BCUT2D eigenvalue weighted by Gasteiger charge is -1.94. The van der Waals surface area contributed by atoms with Gasteiger partial charge in [-0.05, 0) is 21.5 Å². The molecule has 0 unspecified atom stereocenters. The molecular formula is C6H8BrN2O+. The van der Waals surface area contributed by atoms with Gasteiger partial charge in [0.15, 0.2) is 0 Å². The summed E-state index contributed by atoms with van der Waals surface area (Å²) in [4.78, 5) is 0. The number of rotatable bonds is 1. The van der Waals surface area contributed by atoms with Crippen molar-refractivity contribution in [3.05, 3.63) is 28.5 Å². The molecule has 1 heterocycles. The Hall–Kier alpha value is -0.610. The summed E-state index contributed by atoms with van der Waals surface area (Å²) in [6.45, 7) is 0.474. The van der Waals surface area contributed by atoms with Crippen molar-refractivity contribution in [2.75, 3.05) is 0 Å². The number of pyridine rings is 1. The van der Waals surface area contributed by atoms with Gasteiger partial charge in [-0.1, -0.05) is 0 Å². The van der Waals surface area contributed by atoms with Crippen LogP contribution in [0.15, 0.2) is 22.9 Å². The van der Waals surface area contributed by atoms with Gasteiger partial charge in [0, 0.05) is 17.3 Å². The average Bonchev–Trinajstić information content (AvgIpc) is 1.88. The summed E-state index contributed by atoms with van der Waals surface area (Å²) >= 11 is 3.25. The molecule has 1 rings (SSSR count). The largest absolute Gasteiger partial charge is 0.326 e. The van der Waals surface area contributed by atoms with Crippen molar-refractivity contribution < 1.29 is 9.94 Å². The molecule has 0 aliphatic carbocycles. The number of hydrogen-bond acceptors (Lipinski definition) is 2. The molecule has 0 bridgehead atoms. The van der Waals surface area contributed by atoms with E-state index in [4.69, 9.17) is 10.9 Å². The van der Waals surface area contributed by atoms with Crippen LogP contribution in [-0.4, -0.2) is 5.21 Å². The van der Waals surface area contributed by atoms with Crippen LogP contribution >= 0.6 is 15.9 Å². The second kappa shape index (κ2) is 2.98. The van der Waals surface area contributed by atoms with Gasteiger partial charge in [-0.15, -0.1) is 0 Å². The first-order valence-corrected chi connectivity index (χ1v) is 3.62. The van der Waals surface area contributed by atoms with E-state index >= 15 is 0 Å². The van der Waals surface area contributed by atoms with Gasteiger partial charge in [0.1, 0.15) is 0 Å². The van der Waals surface area contributed by atoms with Crippen LogP contribution in [0.2, 0.25) is 0 Å². The van der Waals surface area contributed by atoms with Crippen LogP contribution in [0, 0.1) is 0 Å². The Balaban J connectivity index is 3.07. The van der Waals surface area contributed by atoms with Crippen LogP contribution in [0.3, 0.4) is 0 Å². The summed E-state index contributed by atoms with van der Waals surface area (Å²) in [7, 11) is 0. The Labute approximate surface area is 67.2 Å². The molecular weight excluding hydrogens is 196 g/mol. The molecule has 0 atom stereocenters. The minimum atomic E-state index is 0.474. The molecule has 0 fully saturated rings. The average molecular weight is 204 g/mol. The molecule has 0 saturated heterocycles. The molecule has 3 N–H and O–H groups in total. The maximum atomic E-state index is 8.88. The van der Waals surface area contributed by atoms with E-state index in [1.54, 1.807) is 12.3 Å². The van der Waals surface area contributed by atoms with Gasteiger partial charge in [0.25, 0.3) is 0 Å². The fourth-order valence-electron chi connectivity index (χ4n) is 0.654. The maximum absolute atomic E-state index is 8.88. The van der Waals surface area contributed by atoms with Gasteiger partial charge in [0.05, 0.1) is 4.47 Å². The zero-order valence-corrected chi connectivity index (χ0v) is 6.87. The number of hydrogen-bond donors (Lipinski definition) is 2. The lowest BCUT2D eigenvalue weighted by Crippen LogP contribution is -2.28. The van der Waals surface area contributed by atoms with E-state index in [1.807, 2.05) is 0 Å². The van der Waals surface area contributed by atoms with Crippen molar-refractivity contribution in [1.29, 1.82) is 0 Å². The Morgan fingerprint density at radius 2 is 2.40 bits per heavy atom. The second-order valence-corrected chi connectivity index (χ2v) is 2.76. The molecule has 3 nitrogen and oxygen atoms in total. The van der Waals surface area contributed by atoms with Crippen molar-refractivity contribution in [2.24, 2.45) is 5.73 Å². The summed E-state index contributed by atoms with van der Waals surface area (Å²) in [5.41, 5.74) is 6.36. The minimum absolute atomic E-state index is 0.474. The first kappa shape index (κ1) is 7.50. The Bertz CT molecular complexity index is 239. The number of aromatic nitrogens is 1. The number of nitrogens with zero attached hydrogens (tertiary/aromatic N) is 1. The third-order valence-electron chi connectivity index (χ3n) is 1.20. The molecule has 0 radical (unpaired) electrons.